The largest absolute Gasteiger partial charge is 0.497 e. The normalized spacial score (nSPS) is 12.5. The molecule has 1 atom stereocenters. The highest BCUT2D eigenvalue weighted by Crippen LogP contribution is 2.31. The highest BCUT2D eigenvalue weighted by molar-refractivity contribution is 7.89. The SMILES string of the molecule is CCOC(=O)C[C@@H](NS(=O)(=O)c1ccc(Cl)c2ccccc12)c1ccc(OC)cc1. The molecule has 0 heterocycles. The Balaban J connectivity index is 2.00. The summed E-state index contributed by atoms with van der Waals surface area (Å²) in [4.78, 5) is 12.2. The molecule has 0 spiro atoms. The number of carbonyl (C=O) groups excluding carboxylic acids is 1. The molecule has 0 aliphatic rings. The van der Waals surface area contributed by atoms with Crippen LogP contribution in [0.15, 0.2) is 65.6 Å². The minimum atomic E-state index is -3.97. The molecule has 0 saturated heterocycles. The zero-order valence-electron chi connectivity index (χ0n) is 16.6. The number of nitrogens with one attached hydrogen (secondary N) is 1. The van der Waals surface area contributed by atoms with Crippen molar-refractivity contribution in [2.75, 3.05) is 13.7 Å². The minimum Gasteiger partial charge on any atom is -0.497 e. The van der Waals surface area contributed by atoms with Gasteiger partial charge < -0.3 is 9.47 Å². The summed E-state index contributed by atoms with van der Waals surface area (Å²) in [5.74, 6) is 0.127. The second-order valence-corrected chi connectivity index (χ2v) is 8.64. The van der Waals surface area contributed by atoms with Crippen LogP contribution in [0.25, 0.3) is 10.8 Å². The van der Waals surface area contributed by atoms with E-state index in [1.165, 1.54) is 6.07 Å². The van der Waals surface area contributed by atoms with Gasteiger partial charge in [0.05, 0.1) is 31.1 Å². The van der Waals surface area contributed by atoms with Gasteiger partial charge in [-0.2, -0.15) is 0 Å². The Labute approximate surface area is 180 Å². The van der Waals surface area contributed by atoms with Crippen molar-refractivity contribution in [2.24, 2.45) is 0 Å². The van der Waals surface area contributed by atoms with Crippen LogP contribution in [0, 0.1) is 0 Å². The molecule has 0 amide bonds. The van der Waals surface area contributed by atoms with Crippen LogP contribution >= 0.6 is 11.6 Å². The average Bonchev–Trinajstić information content (AvgIpc) is 2.73. The molecule has 3 rings (SSSR count). The molecule has 0 unspecified atom stereocenters. The standard InChI is InChI=1S/C22H22ClNO5S/c1-3-29-22(25)14-20(15-8-10-16(28-2)11-9-15)24-30(26,27)21-13-12-19(23)17-6-4-5-7-18(17)21/h4-13,20,24H,3,14H2,1-2H3/t20-/m1/s1. The molecule has 0 aliphatic heterocycles. The first-order valence-corrected chi connectivity index (χ1v) is 11.2. The molecule has 3 aromatic rings. The van der Waals surface area contributed by atoms with Gasteiger partial charge >= 0.3 is 5.97 Å². The van der Waals surface area contributed by atoms with Crippen molar-refractivity contribution in [3.63, 3.8) is 0 Å². The van der Waals surface area contributed by atoms with Crippen molar-refractivity contribution in [1.29, 1.82) is 0 Å². The second-order valence-electron chi connectivity index (χ2n) is 6.55. The lowest BCUT2D eigenvalue weighted by atomic mass is 10.0. The lowest BCUT2D eigenvalue weighted by molar-refractivity contribution is -0.143. The molecule has 6 nitrogen and oxygen atoms in total. The van der Waals surface area contributed by atoms with Crippen molar-refractivity contribution in [2.45, 2.75) is 24.3 Å². The van der Waals surface area contributed by atoms with Gasteiger partial charge in [-0.1, -0.05) is 48.0 Å². The van der Waals surface area contributed by atoms with E-state index in [0.717, 1.165) is 0 Å². The van der Waals surface area contributed by atoms with Gasteiger partial charge in [-0.3, -0.25) is 4.79 Å². The van der Waals surface area contributed by atoms with Crippen LogP contribution in [0.5, 0.6) is 5.75 Å². The topological polar surface area (TPSA) is 81.7 Å². The van der Waals surface area contributed by atoms with E-state index in [-0.39, 0.29) is 17.9 Å². The van der Waals surface area contributed by atoms with Crippen LogP contribution in [0.2, 0.25) is 5.02 Å². The lowest BCUT2D eigenvalue weighted by Gasteiger charge is -2.20. The van der Waals surface area contributed by atoms with E-state index in [2.05, 4.69) is 4.72 Å². The molecule has 0 fully saturated rings. The van der Waals surface area contributed by atoms with Crippen LogP contribution < -0.4 is 9.46 Å². The quantitative estimate of drug-likeness (QED) is 0.515. The van der Waals surface area contributed by atoms with E-state index in [4.69, 9.17) is 21.1 Å². The number of carbonyl (C=O) groups is 1. The Bertz CT molecular complexity index is 1150. The third kappa shape index (κ3) is 4.92. The summed E-state index contributed by atoms with van der Waals surface area (Å²) in [5.41, 5.74) is 0.616. The van der Waals surface area contributed by atoms with E-state index in [9.17, 15) is 13.2 Å². The maximum absolute atomic E-state index is 13.3. The zero-order chi connectivity index (χ0) is 21.7. The summed E-state index contributed by atoms with van der Waals surface area (Å²) in [7, 11) is -2.43. The average molecular weight is 448 g/mol. The Hall–Kier alpha value is -2.61. The first kappa shape index (κ1) is 22.1. The van der Waals surface area contributed by atoms with Crippen LogP contribution in [-0.2, 0) is 19.6 Å². The molecule has 8 heteroatoms. The van der Waals surface area contributed by atoms with Gasteiger partial charge in [0.1, 0.15) is 5.75 Å². The van der Waals surface area contributed by atoms with Crippen LogP contribution in [0.3, 0.4) is 0 Å². The van der Waals surface area contributed by atoms with Crippen molar-refractivity contribution < 1.29 is 22.7 Å². The van der Waals surface area contributed by atoms with Gasteiger partial charge in [-0.25, -0.2) is 13.1 Å². The highest BCUT2D eigenvalue weighted by Gasteiger charge is 2.26. The molecule has 0 aromatic heterocycles. The molecule has 0 aliphatic carbocycles. The number of hydrogen-bond donors (Lipinski definition) is 1. The monoisotopic (exact) mass is 447 g/mol. The Morgan fingerprint density at radius 2 is 1.70 bits per heavy atom. The Morgan fingerprint density at radius 3 is 2.33 bits per heavy atom. The number of benzene rings is 3. The molecule has 1 N–H and O–H groups in total. The molecular formula is C22H22ClNO5S. The van der Waals surface area contributed by atoms with Gasteiger partial charge in [0, 0.05) is 15.8 Å². The summed E-state index contributed by atoms with van der Waals surface area (Å²) in [5, 5.41) is 1.60. The fourth-order valence-electron chi connectivity index (χ4n) is 3.17. The number of rotatable bonds is 8. The number of methoxy groups -OCH3 is 1. The summed E-state index contributed by atoms with van der Waals surface area (Å²) in [6.45, 7) is 1.91. The third-order valence-corrected chi connectivity index (χ3v) is 6.47. The summed E-state index contributed by atoms with van der Waals surface area (Å²) >= 11 is 6.22. The number of fused-ring (bicyclic) bond motifs is 1. The number of ether oxygens (including phenoxy) is 2. The minimum absolute atomic E-state index is 0.0878. The molecule has 30 heavy (non-hydrogen) atoms. The second kappa shape index (κ2) is 9.47. The molecule has 0 saturated carbocycles. The van der Waals surface area contributed by atoms with Gasteiger partial charge in [0.2, 0.25) is 10.0 Å². The van der Waals surface area contributed by atoms with E-state index >= 15 is 0 Å². The number of sulfonamides is 1. The Morgan fingerprint density at radius 1 is 1.03 bits per heavy atom. The number of halogens is 1. The summed E-state index contributed by atoms with van der Waals surface area (Å²) in [6.07, 6.45) is -0.148. The molecule has 0 bridgehead atoms. The first-order valence-electron chi connectivity index (χ1n) is 9.35. The fraction of sp³-hybridized carbons (Fsp3) is 0.227. The maximum Gasteiger partial charge on any atom is 0.307 e. The van der Waals surface area contributed by atoms with Crippen molar-refractivity contribution in [3.8, 4) is 5.75 Å². The number of esters is 1. The summed E-state index contributed by atoms with van der Waals surface area (Å²) < 4.78 is 39.4. The van der Waals surface area contributed by atoms with E-state index in [1.54, 1.807) is 68.6 Å². The smallest absolute Gasteiger partial charge is 0.307 e. The zero-order valence-corrected chi connectivity index (χ0v) is 18.2. The van der Waals surface area contributed by atoms with E-state index < -0.39 is 22.0 Å². The molecular weight excluding hydrogens is 426 g/mol. The predicted molar refractivity (Wildman–Crippen MR) is 116 cm³/mol. The number of hydrogen-bond acceptors (Lipinski definition) is 5. The van der Waals surface area contributed by atoms with Gasteiger partial charge in [0.15, 0.2) is 0 Å². The van der Waals surface area contributed by atoms with Gasteiger partial charge in [0.25, 0.3) is 0 Å². The highest BCUT2D eigenvalue weighted by atomic mass is 35.5. The van der Waals surface area contributed by atoms with E-state index in [1.807, 2.05) is 0 Å². The molecule has 3 aromatic carbocycles. The Kier molecular flexibility index (Phi) is 6.97. The van der Waals surface area contributed by atoms with E-state index in [0.29, 0.717) is 27.1 Å². The summed E-state index contributed by atoms with van der Waals surface area (Å²) in [6, 6.07) is 16.0. The molecule has 0 radical (unpaired) electrons. The predicted octanol–water partition coefficient (Wildman–Crippen LogP) is 4.47. The van der Waals surface area contributed by atoms with Gasteiger partial charge in [-0.05, 0) is 36.8 Å². The lowest BCUT2D eigenvalue weighted by Crippen LogP contribution is -2.31. The van der Waals surface area contributed by atoms with Crippen molar-refractivity contribution >= 4 is 38.4 Å². The third-order valence-electron chi connectivity index (χ3n) is 4.61. The molecule has 158 valence electrons. The van der Waals surface area contributed by atoms with Gasteiger partial charge in [-0.15, -0.1) is 0 Å². The van der Waals surface area contributed by atoms with Crippen molar-refractivity contribution in [1.82, 2.24) is 4.72 Å². The van der Waals surface area contributed by atoms with Crippen LogP contribution in [0.4, 0.5) is 0 Å². The maximum atomic E-state index is 13.3. The fourth-order valence-corrected chi connectivity index (χ4v) is 4.83. The van der Waals surface area contributed by atoms with Crippen LogP contribution in [0.1, 0.15) is 24.9 Å². The van der Waals surface area contributed by atoms with Crippen LogP contribution in [-0.4, -0.2) is 28.1 Å². The van der Waals surface area contributed by atoms with Crippen molar-refractivity contribution in [3.05, 3.63) is 71.2 Å². The first-order chi connectivity index (χ1) is 14.4.